The third-order valence-corrected chi connectivity index (χ3v) is 3.79. The molecule has 25 heavy (non-hydrogen) atoms. The van der Waals surface area contributed by atoms with Crippen LogP contribution in [0, 0.1) is 24.0 Å². The summed E-state index contributed by atoms with van der Waals surface area (Å²) < 4.78 is 0. The first-order valence-corrected chi connectivity index (χ1v) is 7.75. The molecule has 0 fully saturated rings. The van der Waals surface area contributed by atoms with Gasteiger partial charge in [0.2, 0.25) is 5.91 Å². The molecular formula is C17H16ClN3O4. The number of carbonyl (C=O) groups excluding carboxylic acids is 2. The number of halogens is 1. The predicted octanol–water partition coefficient (Wildman–Crippen LogP) is 3.23. The van der Waals surface area contributed by atoms with Gasteiger partial charge in [-0.25, -0.2) is 0 Å². The minimum Gasteiger partial charge on any atom is -0.343 e. The Morgan fingerprint density at radius 1 is 1.16 bits per heavy atom. The molecule has 0 spiro atoms. The molecule has 2 aromatic rings. The number of nitro benzene ring substituents is 1. The van der Waals surface area contributed by atoms with Gasteiger partial charge in [-0.3, -0.25) is 19.7 Å². The van der Waals surface area contributed by atoms with Crippen LogP contribution in [0.15, 0.2) is 36.4 Å². The van der Waals surface area contributed by atoms with Gasteiger partial charge in [-0.2, -0.15) is 0 Å². The second-order valence-corrected chi connectivity index (χ2v) is 5.88. The van der Waals surface area contributed by atoms with Crippen molar-refractivity contribution in [3.63, 3.8) is 0 Å². The first-order chi connectivity index (χ1) is 11.8. The van der Waals surface area contributed by atoms with Crippen LogP contribution in [0.3, 0.4) is 0 Å². The molecule has 0 aliphatic heterocycles. The van der Waals surface area contributed by atoms with Gasteiger partial charge in [0.1, 0.15) is 0 Å². The number of amides is 2. The van der Waals surface area contributed by atoms with Crippen LogP contribution < -0.4 is 10.6 Å². The zero-order valence-corrected chi connectivity index (χ0v) is 14.4. The summed E-state index contributed by atoms with van der Waals surface area (Å²) in [5.41, 5.74) is 1.81. The van der Waals surface area contributed by atoms with Crippen LogP contribution in [0.4, 0.5) is 11.4 Å². The fourth-order valence-electron chi connectivity index (χ4n) is 2.13. The van der Waals surface area contributed by atoms with Crippen molar-refractivity contribution in [2.45, 2.75) is 13.8 Å². The van der Waals surface area contributed by atoms with Crippen molar-refractivity contribution in [3.05, 3.63) is 68.2 Å². The molecule has 0 aromatic heterocycles. The molecule has 0 aliphatic carbocycles. The molecule has 0 radical (unpaired) electrons. The Hall–Kier alpha value is -2.93. The zero-order valence-electron chi connectivity index (χ0n) is 13.6. The topological polar surface area (TPSA) is 101 Å². The van der Waals surface area contributed by atoms with Crippen molar-refractivity contribution >= 4 is 34.8 Å². The smallest absolute Gasteiger partial charge is 0.273 e. The van der Waals surface area contributed by atoms with E-state index in [0.29, 0.717) is 16.3 Å². The minimum absolute atomic E-state index is 0.110. The monoisotopic (exact) mass is 361 g/mol. The molecular weight excluding hydrogens is 346 g/mol. The summed E-state index contributed by atoms with van der Waals surface area (Å²) >= 11 is 6.03. The van der Waals surface area contributed by atoms with Crippen molar-refractivity contribution in [1.82, 2.24) is 5.32 Å². The Bertz CT molecular complexity index is 852. The van der Waals surface area contributed by atoms with E-state index in [2.05, 4.69) is 10.6 Å². The lowest BCUT2D eigenvalue weighted by Gasteiger charge is -2.09. The highest BCUT2D eigenvalue weighted by atomic mass is 35.5. The zero-order chi connectivity index (χ0) is 18.6. The molecule has 130 valence electrons. The summed E-state index contributed by atoms with van der Waals surface area (Å²) in [6, 6.07) is 9.30. The predicted molar refractivity (Wildman–Crippen MR) is 95.0 cm³/mol. The Kier molecular flexibility index (Phi) is 5.71. The minimum atomic E-state index is -0.576. The van der Waals surface area contributed by atoms with Crippen LogP contribution in [0.5, 0.6) is 0 Å². The number of nitrogens with one attached hydrogen (secondary N) is 2. The summed E-state index contributed by atoms with van der Waals surface area (Å²) in [7, 11) is 0. The van der Waals surface area contributed by atoms with Gasteiger partial charge >= 0.3 is 0 Å². The Morgan fingerprint density at radius 2 is 1.88 bits per heavy atom. The van der Waals surface area contributed by atoms with Gasteiger partial charge in [-0.05, 0) is 37.6 Å². The SMILES string of the molecule is Cc1ccc(NC(=O)CNC(=O)c2ccc(C)c([N+](=O)[O-])c2)c(Cl)c1. The molecule has 2 rings (SSSR count). The molecule has 0 unspecified atom stereocenters. The number of benzene rings is 2. The fourth-order valence-corrected chi connectivity index (χ4v) is 2.41. The summed E-state index contributed by atoms with van der Waals surface area (Å²) in [6.45, 7) is 3.17. The third kappa shape index (κ3) is 4.77. The van der Waals surface area contributed by atoms with Crippen molar-refractivity contribution in [1.29, 1.82) is 0 Å². The van der Waals surface area contributed by atoms with E-state index in [1.807, 2.05) is 6.92 Å². The number of aryl methyl sites for hydroxylation is 2. The Labute approximate surface area is 149 Å². The van der Waals surface area contributed by atoms with Crippen molar-refractivity contribution in [3.8, 4) is 0 Å². The quantitative estimate of drug-likeness (QED) is 0.630. The highest BCUT2D eigenvalue weighted by molar-refractivity contribution is 6.33. The van der Waals surface area contributed by atoms with Crippen LogP contribution in [-0.4, -0.2) is 23.3 Å². The first-order valence-electron chi connectivity index (χ1n) is 7.37. The molecule has 8 heteroatoms. The maximum atomic E-state index is 12.1. The van der Waals surface area contributed by atoms with Gasteiger partial charge < -0.3 is 10.6 Å². The lowest BCUT2D eigenvalue weighted by Crippen LogP contribution is -2.32. The van der Waals surface area contributed by atoms with E-state index in [0.717, 1.165) is 5.56 Å². The maximum absolute atomic E-state index is 12.1. The number of carbonyl (C=O) groups is 2. The van der Waals surface area contributed by atoms with Gasteiger partial charge in [0.15, 0.2) is 0 Å². The number of rotatable bonds is 5. The molecule has 0 aliphatic rings. The fraction of sp³-hybridized carbons (Fsp3) is 0.176. The summed E-state index contributed by atoms with van der Waals surface area (Å²) in [5, 5.41) is 16.3. The number of anilines is 1. The summed E-state index contributed by atoms with van der Waals surface area (Å²) in [4.78, 5) is 34.3. The standard InChI is InChI=1S/C17H16ClN3O4/c1-10-3-6-14(13(18)7-10)20-16(22)9-19-17(23)12-5-4-11(2)15(8-12)21(24)25/h3-8H,9H2,1-2H3,(H,19,23)(H,20,22). The molecule has 2 N–H and O–H groups in total. The van der Waals surface area contributed by atoms with E-state index >= 15 is 0 Å². The molecule has 0 atom stereocenters. The average molecular weight is 362 g/mol. The average Bonchev–Trinajstić information content (AvgIpc) is 2.55. The van der Waals surface area contributed by atoms with E-state index in [1.54, 1.807) is 25.1 Å². The van der Waals surface area contributed by atoms with Gasteiger partial charge in [0.25, 0.3) is 11.6 Å². The molecule has 7 nitrogen and oxygen atoms in total. The second kappa shape index (κ2) is 7.76. The largest absolute Gasteiger partial charge is 0.343 e. The van der Waals surface area contributed by atoms with Crippen LogP contribution >= 0.6 is 11.6 Å². The number of nitro groups is 1. The number of hydrogen-bond donors (Lipinski definition) is 2. The second-order valence-electron chi connectivity index (χ2n) is 5.47. The third-order valence-electron chi connectivity index (χ3n) is 3.48. The molecule has 0 saturated heterocycles. The van der Waals surface area contributed by atoms with E-state index in [-0.39, 0.29) is 17.8 Å². The van der Waals surface area contributed by atoms with E-state index in [4.69, 9.17) is 11.6 Å². The van der Waals surface area contributed by atoms with E-state index in [1.165, 1.54) is 18.2 Å². The van der Waals surface area contributed by atoms with E-state index < -0.39 is 16.7 Å². The van der Waals surface area contributed by atoms with Crippen LogP contribution in [0.1, 0.15) is 21.5 Å². The van der Waals surface area contributed by atoms with Gasteiger partial charge in [-0.1, -0.05) is 23.7 Å². The normalized spacial score (nSPS) is 10.2. The molecule has 0 bridgehead atoms. The van der Waals surface area contributed by atoms with Crippen molar-refractivity contribution in [2.24, 2.45) is 0 Å². The van der Waals surface area contributed by atoms with Crippen LogP contribution in [0.25, 0.3) is 0 Å². The highest BCUT2D eigenvalue weighted by Gasteiger charge is 2.15. The maximum Gasteiger partial charge on any atom is 0.273 e. The molecule has 2 aromatic carbocycles. The van der Waals surface area contributed by atoms with Gasteiger partial charge in [0, 0.05) is 17.2 Å². The van der Waals surface area contributed by atoms with Crippen LogP contribution in [0.2, 0.25) is 5.02 Å². The lowest BCUT2D eigenvalue weighted by atomic mass is 10.1. The van der Waals surface area contributed by atoms with Crippen molar-refractivity contribution in [2.75, 3.05) is 11.9 Å². The van der Waals surface area contributed by atoms with Gasteiger partial charge in [-0.15, -0.1) is 0 Å². The van der Waals surface area contributed by atoms with Crippen molar-refractivity contribution < 1.29 is 14.5 Å². The number of nitrogens with zero attached hydrogens (tertiary/aromatic N) is 1. The summed E-state index contributed by atoms with van der Waals surface area (Å²) in [6.07, 6.45) is 0. The Balaban J connectivity index is 1.98. The highest BCUT2D eigenvalue weighted by Crippen LogP contribution is 2.22. The molecule has 0 heterocycles. The van der Waals surface area contributed by atoms with Crippen LogP contribution in [-0.2, 0) is 4.79 Å². The molecule has 0 saturated carbocycles. The summed E-state index contributed by atoms with van der Waals surface area (Å²) in [5.74, 6) is -1.03. The first kappa shape index (κ1) is 18.4. The molecule has 2 amide bonds. The lowest BCUT2D eigenvalue weighted by molar-refractivity contribution is -0.385. The Morgan fingerprint density at radius 3 is 2.52 bits per heavy atom. The van der Waals surface area contributed by atoms with Gasteiger partial charge in [0.05, 0.1) is 22.2 Å². The van der Waals surface area contributed by atoms with E-state index in [9.17, 15) is 19.7 Å². The number of hydrogen-bond acceptors (Lipinski definition) is 4.